The smallest absolute Gasteiger partial charge is 0.195 e. The highest BCUT2D eigenvalue weighted by molar-refractivity contribution is 5.93. The summed E-state index contributed by atoms with van der Waals surface area (Å²) in [5, 5.41) is 6.78. The van der Waals surface area contributed by atoms with Crippen molar-refractivity contribution in [3.63, 3.8) is 0 Å². The minimum absolute atomic E-state index is 0.606. The average molecular weight is 423 g/mol. The van der Waals surface area contributed by atoms with E-state index in [1.165, 1.54) is 18.5 Å². The summed E-state index contributed by atoms with van der Waals surface area (Å²) in [5.74, 6) is 3.03. The molecule has 6 nitrogen and oxygen atoms in total. The third kappa shape index (κ3) is 6.37. The number of rotatable bonds is 7. The van der Waals surface area contributed by atoms with E-state index in [1.807, 2.05) is 18.2 Å². The zero-order valence-electron chi connectivity index (χ0n) is 18.5. The van der Waals surface area contributed by atoms with Gasteiger partial charge < -0.3 is 25.0 Å². The Morgan fingerprint density at radius 1 is 1.10 bits per heavy atom. The molecule has 1 saturated heterocycles. The van der Waals surface area contributed by atoms with Gasteiger partial charge in [-0.25, -0.2) is 0 Å². The van der Waals surface area contributed by atoms with Crippen molar-refractivity contribution in [3.05, 3.63) is 54.1 Å². The van der Waals surface area contributed by atoms with Crippen LogP contribution in [0.15, 0.2) is 53.5 Å². The first-order valence-electron chi connectivity index (χ1n) is 11.5. The molecule has 1 unspecified atom stereocenters. The predicted molar refractivity (Wildman–Crippen MR) is 126 cm³/mol. The molecule has 0 amide bonds. The van der Waals surface area contributed by atoms with Crippen molar-refractivity contribution >= 4 is 11.6 Å². The Balaban J connectivity index is 1.29. The van der Waals surface area contributed by atoms with E-state index in [-0.39, 0.29) is 0 Å². The van der Waals surface area contributed by atoms with Crippen molar-refractivity contribution in [2.45, 2.75) is 26.2 Å². The Morgan fingerprint density at radius 3 is 2.77 bits per heavy atom. The number of nitrogens with one attached hydrogen (secondary N) is 2. The van der Waals surface area contributed by atoms with E-state index >= 15 is 0 Å². The van der Waals surface area contributed by atoms with Crippen molar-refractivity contribution in [2.75, 3.05) is 51.3 Å². The van der Waals surface area contributed by atoms with Crippen LogP contribution in [-0.4, -0.2) is 56.8 Å². The SMILES string of the molecule is CCNC(=NCC1CCN(CCc2ccccc2)C1)Nc1ccc2c(c1)OCCCO2. The number of guanidine groups is 1. The summed E-state index contributed by atoms with van der Waals surface area (Å²) >= 11 is 0. The fourth-order valence-corrected chi connectivity index (χ4v) is 4.10. The summed E-state index contributed by atoms with van der Waals surface area (Å²) in [4.78, 5) is 7.44. The van der Waals surface area contributed by atoms with Crippen LogP contribution in [0.25, 0.3) is 0 Å². The van der Waals surface area contributed by atoms with Crippen LogP contribution in [0.4, 0.5) is 5.69 Å². The van der Waals surface area contributed by atoms with E-state index in [0.29, 0.717) is 19.1 Å². The number of hydrogen-bond donors (Lipinski definition) is 2. The lowest BCUT2D eigenvalue weighted by Crippen LogP contribution is -2.31. The molecular formula is C25H34N4O2. The van der Waals surface area contributed by atoms with Gasteiger partial charge in [-0.05, 0) is 49.9 Å². The maximum atomic E-state index is 5.81. The molecule has 0 saturated carbocycles. The Kier molecular flexibility index (Phi) is 7.66. The molecule has 0 spiro atoms. The quantitative estimate of drug-likeness (QED) is 0.525. The molecule has 4 rings (SSSR count). The van der Waals surface area contributed by atoms with Gasteiger partial charge in [0.25, 0.3) is 0 Å². The zero-order chi connectivity index (χ0) is 21.3. The number of benzene rings is 2. The molecule has 2 aliphatic rings. The van der Waals surface area contributed by atoms with E-state index in [1.54, 1.807) is 0 Å². The molecule has 2 aromatic carbocycles. The number of likely N-dealkylation sites (tertiary alicyclic amines) is 1. The summed E-state index contributed by atoms with van der Waals surface area (Å²) in [6.07, 6.45) is 3.23. The van der Waals surface area contributed by atoms with Crippen molar-refractivity contribution in [1.29, 1.82) is 0 Å². The third-order valence-electron chi connectivity index (χ3n) is 5.79. The summed E-state index contributed by atoms with van der Waals surface area (Å²) in [5.41, 5.74) is 2.37. The summed E-state index contributed by atoms with van der Waals surface area (Å²) < 4.78 is 11.5. The molecule has 2 heterocycles. The van der Waals surface area contributed by atoms with Crippen molar-refractivity contribution in [3.8, 4) is 11.5 Å². The third-order valence-corrected chi connectivity index (χ3v) is 5.79. The second kappa shape index (κ2) is 11.0. The number of fused-ring (bicyclic) bond motifs is 1. The van der Waals surface area contributed by atoms with E-state index in [2.05, 4.69) is 52.8 Å². The minimum atomic E-state index is 0.606. The van der Waals surface area contributed by atoms with Crippen LogP contribution in [0.3, 0.4) is 0 Å². The highest BCUT2D eigenvalue weighted by Gasteiger charge is 2.22. The molecule has 1 fully saturated rings. The lowest BCUT2D eigenvalue weighted by Gasteiger charge is -2.16. The molecule has 1 atom stereocenters. The first-order chi connectivity index (χ1) is 15.3. The summed E-state index contributed by atoms with van der Waals surface area (Å²) in [7, 11) is 0. The molecule has 2 aromatic rings. The minimum Gasteiger partial charge on any atom is -0.490 e. The fraction of sp³-hybridized carbons (Fsp3) is 0.480. The Morgan fingerprint density at radius 2 is 1.94 bits per heavy atom. The predicted octanol–water partition coefficient (Wildman–Crippen LogP) is 3.79. The van der Waals surface area contributed by atoms with Crippen LogP contribution in [0, 0.1) is 5.92 Å². The molecule has 2 aliphatic heterocycles. The van der Waals surface area contributed by atoms with Crippen LogP contribution in [0.5, 0.6) is 11.5 Å². The standard InChI is InChI=1S/C25H34N4O2/c1-2-26-25(28-22-9-10-23-24(17-22)31-16-6-15-30-23)27-18-21-12-14-29(19-21)13-11-20-7-4-3-5-8-20/h3-5,7-10,17,21H,2,6,11-16,18-19H2,1H3,(H2,26,27,28). The van der Waals surface area contributed by atoms with E-state index in [0.717, 1.165) is 62.2 Å². The van der Waals surface area contributed by atoms with Crippen molar-refractivity contribution < 1.29 is 9.47 Å². The second-order valence-electron chi connectivity index (χ2n) is 8.25. The van der Waals surface area contributed by atoms with Gasteiger partial charge in [-0.15, -0.1) is 0 Å². The average Bonchev–Trinajstić information content (AvgIpc) is 3.13. The van der Waals surface area contributed by atoms with Gasteiger partial charge in [0.15, 0.2) is 17.5 Å². The van der Waals surface area contributed by atoms with Gasteiger partial charge in [-0.3, -0.25) is 4.99 Å². The molecule has 31 heavy (non-hydrogen) atoms. The first-order valence-corrected chi connectivity index (χ1v) is 11.5. The topological polar surface area (TPSA) is 58.1 Å². The monoisotopic (exact) mass is 422 g/mol. The van der Waals surface area contributed by atoms with Gasteiger partial charge in [0.2, 0.25) is 0 Å². The largest absolute Gasteiger partial charge is 0.490 e. The van der Waals surface area contributed by atoms with Gasteiger partial charge in [-0.1, -0.05) is 30.3 Å². The van der Waals surface area contributed by atoms with Gasteiger partial charge in [0.1, 0.15) is 0 Å². The number of anilines is 1. The zero-order valence-corrected chi connectivity index (χ0v) is 18.5. The first kappa shape index (κ1) is 21.5. The van der Waals surface area contributed by atoms with E-state index in [9.17, 15) is 0 Å². The van der Waals surface area contributed by atoms with E-state index in [4.69, 9.17) is 14.5 Å². The molecular weight excluding hydrogens is 388 g/mol. The molecule has 0 radical (unpaired) electrons. The van der Waals surface area contributed by atoms with Gasteiger partial charge in [0, 0.05) is 44.4 Å². The fourth-order valence-electron chi connectivity index (χ4n) is 4.10. The molecule has 166 valence electrons. The molecule has 6 heteroatoms. The highest BCUT2D eigenvalue weighted by Crippen LogP contribution is 2.32. The molecule has 2 N–H and O–H groups in total. The van der Waals surface area contributed by atoms with Gasteiger partial charge in [0.05, 0.1) is 13.2 Å². The van der Waals surface area contributed by atoms with E-state index < -0.39 is 0 Å². The molecule has 0 aliphatic carbocycles. The number of ether oxygens (including phenoxy) is 2. The lowest BCUT2D eigenvalue weighted by molar-refractivity contribution is 0.297. The van der Waals surface area contributed by atoms with Gasteiger partial charge in [-0.2, -0.15) is 0 Å². The highest BCUT2D eigenvalue weighted by atomic mass is 16.5. The maximum Gasteiger partial charge on any atom is 0.195 e. The Bertz CT molecular complexity index is 856. The van der Waals surface area contributed by atoms with Gasteiger partial charge >= 0.3 is 0 Å². The van der Waals surface area contributed by atoms with Crippen LogP contribution < -0.4 is 20.1 Å². The van der Waals surface area contributed by atoms with Crippen molar-refractivity contribution in [1.82, 2.24) is 10.2 Å². The number of hydrogen-bond acceptors (Lipinski definition) is 4. The summed E-state index contributed by atoms with van der Waals surface area (Å²) in [6.45, 7) is 8.55. The lowest BCUT2D eigenvalue weighted by atomic mass is 10.1. The van der Waals surface area contributed by atoms with Crippen LogP contribution in [0.1, 0.15) is 25.3 Å². The maximum absolute atomic E-state index is 5.81. The Labute approximate surface area is 185 Å². The molecule has 0 bridgehead atoms. The molecule has 0 aromatic heterocycles. The normalized spacial score (nSPS) is 19.1. The summed E-state index contributed by atoms with van der Waals surface area (Å²) in [6, 6.07) is 16.7. The van der Waals surface area contributed by atoms with Crippen LogP contribution in [-0.2, 0) is 6.42 Å². The number of aliphatic imine (C=N–C) groups is 1. The van der Waals surface area contributed by atoms with Crippen molar-refractivity contribution in [2.24, 2.45) is 10.9 Å². The Hall–Kier alpha value is -2.73. The van der Waals surface area contributed by atoms with Crippen LogP contribution >= 0.6 is 0 Å². The van der Waals surface area contributed by atoms with Crippen LogP contribution in [0.2, 0.25) is 0 Å². The second-order valence-corrected chi connectivity index (χ2v) is 8.25. The number of nitrogens with zero attached hydrogens (tertiary/aromatic N) is 2.